The third kappa shape index (κ3) is 2.81. The van der Waals surface area contributed by atoms with Crippen LogP contribution in [0, 0.1) is 5.82 Å². The number of pyridine rings is 1. The summed E-state index contributed by atoms with van der Waals surface area (Å²) in [6.07, 6.45) is 0. The van der Waals surface area contributed by atoms with Crippen LogP contribution in [0.2, 0.25) is 5.02 Å². The molecule has 0 fully saturated rings. The lowest BCUT2D eigenvalue weighted by molar-refractivity contribution is 0.571. The fraction of sp³-hybridized carbons (Fsp3) is 0.400. The Morgan fingerprint density at radius 3 is 2.53 bits per heavy atom. The molecular formula is C15H18ClFN2. The minimum Gasteiger partial charge on any atom is -0.385 e. The second-order valence-electron chi connectivity index (χ2n) is 5.62. The van der Waals surface area contributed by atoms with E-state index in [-0.39, 0.29) is 10.4 Å². The molecule has 2 rings (SSSR count). The lowest BCUT2D eigenvalue weighted by atomic mass is 9.90. The van der Waals surface area contributed by atoms with Crippen molar-refractivity contribution in [2.24, 2.45) is 0 Å². The Morgan fingerprint density at radius 1 is 1.26 bits per heavy atom. The molecule has 0 atom stereocenters. The van der Waals surface area contributed by atoms with Gasteiger partial charge >= 0.3 is 0 Å². The van der Waals surface area contributed by atoms with Gasteiger partial charge in [-0.15, -0.1) is 0 Å². The Kier molecular flexibility index (Phi) is 3.68. The van der Waals surface area contributed by atoms with Gasteiger partial charge in [0.15, 0.2) is 0 Å². The summed E-state index contributed by atoms with van der Waals surface area (Å²) in [4.78, 5) is 4.55. The van der Waals surface area contributed by atoms with Gasteiger partial charge in [0.25, 0.3) is 0 Å². The van der Waals surface area contributed by atoms with Crippen LogP contribution in [0.25, 0.3) is 10.9 Å². The van der Waals surface area contributed by atoms with E-state index in [1.807, 2.05) is 13.0 Å². The minimum atomic E-state index is -0.435. The van der Waals surface area contributed by atoms with E-state index in [4.69, 9.17) is 11.6 Å². The van der Waals surface area contributed by atoms with E-state index >= 15 is 0 Å². The average molecular weight is 281 g/mol. The number of nitrogens with zero attached hydrogens (tertiary/aromatic N) is 1. The fourth-order valence-electron chi connectivity index (χ4n) is 1.94. The van der Waals surface area contributed by atoms with Gasteiger partial charge in [-0.05, 0) is 19.1 Å². The van der Waals surface area contributed by atoms with Crippen molar-refractivity contribution in [3.63, 3.8) is 0 Å². The summed E-state index contributed by atoms with van der Waals surface area (Å²) in [6.45, 7) is 9.07. The van der Waals surface area contributed by atoms with E-state index in [1.165, 1.54) is 6.07 Å². The Morgan fingerprint density at radius 2 is 1.95 bits per heavy atom. The SMILES string of the molecule is CCNc1cc(C(C)(C)C)nc2cc(F)c(Cl)cc12. The van der Waals surface area contributed by atoms with E-state index in [1.54, 1.807) is 6.07 Å². The minimum absolute atomic E-state index is 0.0888. The summed E-state index contributed by atoms with van der Waals surface area (Å²) in [5.74, 6) is -0.435. The number of anilines is 1. The molecule has 0 saturated carbocycles. The maximum Gasteiger partial charge on any atom is 0.143 e. The summed E-state index contributed by atoms with van der Waals surface area (Å²) in [5.41, 5.74) is 2.41. The molecule has 1 aromatic heterocycles. The Bertz CT molecular complexity index is 618. The zero-order valence-corrected chi connectivity index (χ0v) is 12.4. The van der Waals surface area contributed by atoms with Crippen LogP contribution in [-0.2, 0) is 5.41 Å². The standard InChI is InChI=1S/C15H18ClFN2/c1-5-18-12-8-14(15(2,3)4)19-13-7-11(17)10(16)6-9(12)13/h6-8H,5H2,1-4H3,(H,18,19). The van der Waals surface area contributed by atoms with Crippen LogP contribution in [0.1, 0.15) is 33.4 Å². The van der Waals surface area contributed by atoms with Gasteiger partial charge in [-0.2, -0.15) is 0 Å². The van der Waals surface area contributed by atoms with E-state index < -0.39 is 5.82 Å². The van der Waals surface area contributed by atoms with Gasteiger partial charge in [-0.3, -0.25) is 4.98 Å². The smallest absolute Gasteiger partial charge is 0.143 e. The highest BCUT2D eigenvalue weighted by atomic mass is 35.5. The molecule has 0 aliphatic heterocycles. The highest BCUT2D eigenvalue weighted by Gasteiger charge is 2.18. The molecule has 0 spiro atoms. The van der Waals surface area contributed by atoms with Gasteiger partial charge < -0.3 is 5.32 Å². The second-order valence-corrected chi connectivity index (χ2v) is 6.03. The molecule has 0 aliphatic rings. The van der Waals surface area contributed by atoms with Gasteiger partial charge in [-0.25, -0.2) is 4.39 Å². The number of benzene rings is 1. The first kappa shape index (κ1) is 14.1. The van der Waals surface area contributed by atoms with Crippen molar-refractivity contribution in [3.8, 4) is 0 Å². The molecular weight excluding hydrogens is 263 g/mol. The predicted octanol–water partition coefficient (Wildman–Crippen LogP) is 4.76. The molecule has 0 amide bonds. The number of rotatable bonds is 2. The maximum atomic E-state index is 13.6. The quantitative estimate of drug-likeness (QED) is 0.858. The zero-order valence-electron chi connectivity index (χ0n) is 11.6. The average Bonchev–Trinajstić information content (AvgIpc) is 2.30. The van der Waals surface area contributed by atoms with Crippen molar-refractivity contribution < 1.29 is 4.39 Å². The molecule has 19 heavy (non-hydrogen) atoms. The van der Waals surface area contributed by atoms with Crippen molar-refractivity contribution in [3.05, 3.63) is 34.7 Å². The Hall–Kier alpha value is -1.35. The molecule has 0 aliphatic carbocycles. The summed E-state index contributed by atoms with van der Waals surface area (Å²) in [7, 11) is 0. The van der Waals surface area contributed by atoms with Crippen molar-refractivity contribution in [2.75, 3.05) is 11.9 Å². The zero-order chi connectivity index (χ0) is 14.2. The lowest BCUT2D eigenvalue weighted by Crippen LogP contribution is -2.14. The van der Waals surface area contributed by atoms with E-state index in [9.17, 15) is 4.39 Å². The van der Waals surface area contributed by atoms with Gasteiger partial charge in [0, 0.05) is 34.8 Å². The van der Waals surface area contributed by atoms with Crippen molar-refractivity contribution in [2.45, 2.75) is 33.1 Å². The maximum absolute atomic E-state index is 13.6. The van der Waals surface area contributed by atoms with Gasteiger partial charge in [0.2, 0.25) is 0 Å². The second kappa shape index (κ2) is 4.97. The van der Waals surface area contributed by atoms with Crippen LogP contribution < -0.4 is 5.32 Å². The van der Waals surface area contributed by atoms with Crippen LogP contribution >= 0.6 is 11.6 Å². The number of aromatic nitrogens is 1. The lowest BCUT2D eigenvalue weighted by Gasteiger charge is -2.20. The van der Waals surface area contributed by atoms with Crippen molar-refractivity contribution in [1.29, 1.82) is 0 Å². The summed E-state index contributed by atoms with van der Waals surface area (Å²) >= 11 is 5.86. The number of hydrogen-bond acceptors (Lipinski definition) is 2. The normalized spacial score (nSPS) is 11.9. The summed E-state index contributed by atoms with van der Waals surface area (Å²) in [5, 5.41) is 4.26. The van der Waals surface area contributed by atoms with Gasteiger partial charge in [0.05, 0.1) is 10.5 Å². The van der Waals surface area contributed by atoms with Gasteiger partial charge in [0.1, 0.15) is 5.82 Å². The van der Waals surface area contributed by atoms with Crippen LogP contribution in [0.4, 0.5) is 10.1 Å². The molecule has 0 unspecified atom stereocenters. The first-order chi connectivity index (χ1) is 8.82. The van der Waals surface area contributed by atoms with E-state index in [2.05, 4.69) is 31.1 Å². The molecule has 0 radical (unpaired) electrons. The van der Waals surface area contributed by atoms with Gasteiger partial charge in [-0.1, -0.05) is 32.4 Å². The number of nitrogens with one attached hydrogen (secondary N) is 1. The third-order valence-corrected chi connectivity index (χ3v) is 3.28. The molecule has 1 aromatic carbocycles. The van der Waals surface area contributed by atoms with Crippen LogP contribution in [0.5, 0.6) is 0 Å². The fourth-order valence-corrected chi connectivity index (χ4v) is 2.11. The number of fused-ring (bicyclic) bond motifs is 1. The first-order valence-corrected chi connectivity index (χ1v) is 6.75. The summed E-state index contributed by atoms with van der Waals surface area (Å²) < 4.78 is 13.6. The molecule has 0 saturated heterocycles. The molecule has 1 N–H and O–H groups in total. The molecule has 0 bridgehead atoms. The molecule has 102 valence electrons. The topological polar surface area (TPSA) is 24.9 Å². The molecule has 4 heteroatoms. The molecule has 2 aromatic rings. The van der Waals surface area contributed by atoms with Crippen LogP contribution in [-0.4, -0.2) is 11.5 Å². The van der Waals surface area contributed by atoms with Crippen LogP contribution in [0.3, 0.4) is 0 Å². The van der Waals surface area contributed by atoms with Crippen molar-refractivity contribution >= 4 is 28.2 Å². The Balaban J connectivity index is 2.75. The first-order valence-electron chi connectivity index (χ1n) is 6.37. The molecule has 1 heterocycles. The number of halogens is 2. The van der Waals surface area contributed by atoms with Crippen LogP contribution in [0.15, 0.2) is 18.2 Å². The van der Waals surface area contributed by atoms with Crippen molar-refractivity contribution in [1.82, 2.24) is 4.98 Å². The van der Waals surface area contributed by atoms with E-state index in [0.29, 0.717) is 5.52 Å². The third-order valence-electron chi connectivity index (χ3n) is 2.99. The largest absolute Gasteiger partial charge is 0.385 e. The highest BCUT2D eigenvalue weighted by Crippen LogP contribution is 2.31. The Labute approximate surface area is 118 Å². The number of hydrogen-bond donors (Lipinski definition) is 1. The monoisotopic (exact) mass is 280 g/mol. The summed E-state index contributed by atoms with van der Waals surface area (Å²) in [6, 6.07) is 5.04. The highest BCUT2D eigenvalue weighted by molar-refractivity contribution is 6.31. The molecule has 2 nitrogen and oxygen atoms in total. The predicted molar refractivity (Wildman–Crippen MR) is 79.6 cm³/mol. The van der Waals surface area contributed by atoms with E-state index in [0.717, 1.165) is 23.3 Å².